The first-order valence-corrected chi connectivity index (χ1v) is 8.84. The number of carbonyl (C=O) groups is 1. The third kappa shape index (κ3) is 4.87. The van der Waals surface area contributed by atoms with Crippen LogP contribution in [0.3, 0.4) is 0 Å². The van der Waals surface area contributed by atoms with Crippen LogP contribution in [0.1, 0.15) is 11.1 Å². The van der Waals surface area contributed by atoms with E-state index in [1.54, 1.807) is 12.4 Å². The molecule has 0 saturated heterocycles. The van der Waals surface area contributed by atoms with Gasteiger partial charge in [-0.05, 0) is 61.4 Å². The predicted octanol–water partition coefficient (Wildman–Crippen LogP) is 3.89. The average Bonchev–Trinajstić information content (AvgIpc) is 2.60. The van der Waals surface area contributed by atoms with Crippen LogP contribution in [-0.4, -0.2) is 26.8 Å². The van der Waals surface area contributed by atoms with Crippen LogP contribution in [0.2, 0.25) is 0 Å². The third-order valence-electron chi connectivity index (χ3n) is 3.47. The zero-order chi connectivity index (χ0) is 17.6. The normalized spacial score (nSPS) is 10.5. The van der Waals surface area contributed by atoms with Gasteiger partial charge >= 0.3 is 0 Å². The third-order valence-corrected chi connectivity index (χ3v) is 4.39. The van der Waals surface area contributed by atoms with Crippen molar-refractivity contribution >= 4 is 23.4 Å². The number of amides is 1. The van der Waals surface area contributed by atoms with Crippen molar-refractivity contribution < 1.29 is 4.79 Å². The fraction of sp³-hybridized carbons (Fsp3) is 0.158. The number of thioether (sulfide) groups is 1. The first-order valence-electron chi connectivity index (χ1n) is 7.85. The summed E-state index contributed by atoms with van der Waals surface area (Å²) in [5, 5.41) is 12.0. The topological polar surface area (TPSA) is 67.8 Å². The molecule has 0 aliphatic heterocycles. The lowest BCUT2D eigenvalue weighted by molar-refractivity contribution is -0.113. The van der Waals surface area contributed by atoms with Crippen molar-refractivity contribution in [1.29, 1.82) is 0 Å². The van der Waals surface area contributed by atoms with Crippen molar-refractivity contribution in [2.75, 3.05) is 11.1 Å². The molecule has 0 unspecified atom stereocenters. The molecule has 2 heterocycles. The average molecular weight is 350 g/mol. The van der Waals surface area contributed by atoms with Crippen molar-refractivity contribution in [3.8, 4) is 11.3 Å². The van der Waals surface area contributed by atoms with Gasteiger partial charge in [-0.15, -0.1) is 10.2 Å². The van der Waals surface area contributed by atoms with E-state index in [2.05, 4.69) is 26.6 Å². The summed E-state index contributed by atoms with van der Waals surface area (Å²) in [6, 6.07) is 13.5. The maximum Gasteiger partial charge on any atom is 0.234 e. The summed E-state index contributed by atoms with van der Waals surface area (Å²) in [5.41, 5.74) is 4.82. The maximum atomic E-state index is 12.1. The number of carbonyl (C=O) groups excluding carboxylic acids is 1. The number of hydrogen-bond acceptors (Lipinski definition) is 5. The van der Waals surface area contributed by atoms with Gasteiger partial charge in [-0.1, -0.05) is 17.8 Å². The van der Waals surface area contributed by atoms with E-state index in [-0.39, 0.29) is 11.7 Å². The van der Waals surface area contributed by atoms with Gasteiger partial charge in [0.25, 0.3) is 0 Å². The van der Waals surface area contributed by atoms with Gasteiger partial charge in [-0.2, -0.15) is 0 Å². The monoisotopic (exact) mass is 350 g/mol. The molecule has 3 aromatic rings. The molecule has 0 fully saturated rings. The van der Waals surface area contributed by atoms with Crippen molar-refractivity contribution in [1.82, 2.24) is 15.2 Å². The lowest BCUT2D eigenvalue weighted by Crippen LogP contribution is -2.14. The second-order valence-electron chi connectivity index (χ2n) is 5.71. The molecule has 0 spiro atoms. The number of nitrogens with zero attached hydrogens (tertiary/aromatic N) is 3. The van der Waals surface area contributed by atoms with Crippen LogP contribution in [0.25, 0.3) is 11.3 Å². The van der Waals surface area contributed by atoms with Crippen molar-refractivity contribution in [3.05, 3.63) is 66.0 Å². The van der Waals surface area contributed by atoms with Crippen LogP contribution in [0.4, 0.5) is 5.69 Å². The molecule has 3 rings (SSSR count). The highest BCUT2D eigenvalue weighted by atomic mass is 32.2. The highest BCUT2D eigenvalue weighted by Gasteiger charge is 2.07. The Morgan fingerprint density at radius 1 is 1.00 bits per heavy atom. The number of nitrogens with one attached hydrogen (secondary N) is 1. The molecule has 0 aliphatic rings. The first-order chi connectivity index (χ1) is 12.1. The summed E-state index contributed by atoms with van der Waals surface area (Å²) in [5.74, 6) is 0.228. The van der Waals surface area contributed by atoms with Gasteiger partial charge in [-0.3, -0.25) is 9.78 Å². The Hall–Kier alpha value is -2.73. The Morgan fingerprint density at radius 3 is 2.36 bits per heavy atom. The molecular weight excluding hydrogens is 332 g/mol. The maximum absolute atomic E-state index is 12.1. The molecule has 2 aromatic heterocycles. The summed E-state index contributed by atoms with van der Waals surface area (Å²) in [4.78, 5) is 16.1. The molecule has 1 amide bonds. The Morgan fingerprint density at radius 2 is 1.72 bits per heavy atom. The van der Waals surface area contributed by atoms with E-state index < -0.39 is 0 Å². The van der Waals surface area contributed by atoms with Gasteiger partial charge in [-0.25, -0.2) is 0 Å². The van der Waals surface area contributed by atoms with Gasteiger partial charge in [0, 0.05) is 23.6 Å². The predicted molar refractivity (Wildman–Crippen MR) is 101 cm³/mol. The molecule has 25 heavy (non-hydrogen) atoms. The standard InChI is InChI=1S/C19H18N4OS/c1-13-9-14(2)11-16(10-13)21-18(24)12-25-19-4-3-17(22-23-19)15-5-7-20-8-6-15/h3-11H,12H2,1-2H3,(H,21,24). The zero-order valence-corrected chi connectivity index (χ0v) is 14.9. The first kappa shape index (κ1) is 17.1. The van der Waals surface area contributed by atoms with Gasteiger partial charge in [0.2, 0.25) is 5.91 Å². The summed E-state index contributed by atoms with van der Waals surface area (Å²) in [7, 11) is 0. The lowest BCUT2D eigenvalue weighted by atomic mass is 10.1. The van der Waals surface area contributed by atoms with Crippen LogP contribution in [0, 0.1) is 13.8 Å². The minimum Gasteiger partial charge on any atom is -0.325 e. The SMILES string of the molecule is Cc1cc(C)cc(NC(=O)CSc2ccc(-c3ccncc3)nn2)c1. The van der Waals surface area contributed by atoms with Gasteiger partial charge in [0.15, 0.2) is 0 Å². The Bertz CT molecular complexity index is 846. The van der Waals surface area contributed by atoms with Crippen LogP contribution in [0.15, 0.2) is 59.9 Å². The zero-order valence-electron chi connectivity index (χ0n) is 14.1. The van der Waals surface area contributed by atoms with Crippen LogP contribution in [-0.2, 0) is 4.79 Å². The number of rotatable bonds is 5. The van der Waals surface area contributed by atoms with E-state index in [9.17, 15) is 4.79 Å². The molecule has 1 aromatic carbocycles. The highest BCUT2D eigenvalue weighted by molar-refractivity contribution is 7.99. The molecule has 6 heteroatoms. The molecule has 0 aliphatic carbocycles. The number of aryl methyl sites for hydroxylation is 2. The Kier molecular flexibility index (Phi) is 5.40. The number of anilines is 1. The van der Waals surface area contributed by atoms with Crippen LogP contribution < -0.4 is 5.32 Å². The minimum absolute atomic E-state index is 0.0602. The number of benzene rings is 1. The number of pyridine rings is 1. The minimum atomic E-state index is -0.0602. The quantitative estimate of drug-likeness (QED) is 0.707. The smallest absolute Gasteiger partial charge is 0.234 e. The van der Waals surface area contributed by atoms with Crippen LogP contribution >= 0.6 is 11.8 Å². The fourth-order valence-corrected chi connectivity index (χ4v) is 3.07. The van der Waals surface area contributed by atoms with Crippen molar-refractivity contribution in [2.24, 2.45) is 0 Å². The van der Waals surface area contributed by atoms with Gasteiger partial charge < -0.3 is 5.32 Å². The lowest BCUT2D eigenvalue weighted by Gasteiger charge is -2.07. The van der Waals surface area contributed by atoms with E-state index in [0.717, 1.165) is 28.1 Å². The van der Waals surface area contributed by atoms with Gasteiger partial charge in [0.1, 0.15) is 5.03 Å². The van der Waals surface area contributed by atoms with E-state index in [0.29, 0.717) is 5.03 Å². The number of aromatic nitrogens is 3. The van der Waals surface area contributed by atoms with E-state index in [1.165, 1.54) is 11.8 Å². The molecule has 0 bridgehead atoms. The summed E-state index contributed by atoms with van der Waals surface area (Å²) < 4.78 is 0. The van der Waals surface area contributed by atoms with E-state index in [4.69, 9.17) is 0 Å². The largest absolute Gasteiger partial charge is 0.325 e. The number of hydrogen-bond donors (Lipinski definition) is 1. The van der Waals surface area contributed by atoms with E-state index in [1.807, 2.05) is 50.2 Å². The second kappa shape index (κ2) is 7.90. The summed E-state index contributed by atoms with van der Waals surface area (Å²) in [6.45, 7) is 4.02. The molecule has 5 nitrogen and oxygen atoms in total. The Balaban J connectivity index is 1.57. The molecular formula is C19H18N4OS. The van der Waals surface area contributed by atoms with Crippen molar-refractivity contribution in [2.45, 2.75) is 18.9 Å². The van der Waals surface area contributed by atoms with Crippen molar-refractivity contribution in [3.63, 3.8) is 0 Å². The molecule has 126 valence electrons. The fourth-order valence-electron chi connectivity index (χ4n) is 2.46. The van der Waals surface area contributed by atoms with Gasteiger partial charge in [0.05, 0.1) is 11.4 Å². The van der Waals surface area contributed by atoms with E-state index >= 15 is 0 Å². The van der Waals surface area contributed by atoms with Crippen LogP contribution in [0.5, 0.6) is 0 Å². The second-order valence-corrected chi connectivity index (χ2v) is 6.70. The molecule has 0 atom stereocenters. The molecule has 1 N–H and O–H groups in total. The summed E-state index contributed by atoms with van der Waals surface area (Å²) in [6.07, 6.45) is 3.44. The summed E-state index contributed by atoms with van der Waals surface area (Å²) >= 11 is 1.36. The highest BCUT2D eigenvalue weighted by Crippen LogP contribution is 2.20. The molecule has 0 radical (unpaired) electrons. The molecule has 0 saturated carbocycles. The Labute approximate surface area is 150 Å².